The van der Waals surface area contributed by atoms with E-state index in [0.717, 1.165) is 13.0 Å². The minimum absolute atomic E-state index is 0.0165. The average Bonchev–Trinajstić information content (AvgIpc) is 2.64. The van der Waals surface area contributed by atoms with Crippen molar-refractivity contribution in [1.29, 1.82) is 0 Å². The Labute approximate surface area is 92.9 Å². The molecule has 0 aliphatic carbocycles. The van der Waals surface area contributed by atoms with Gasteiger partial charge in [0.25, 0.3) is 0 Å². The summed E-state index contributed by atoms with van der Waals surface area (Å²) in [6.07, 6.45) is -3.43. The van der Waals surface area contributed by atoms with Crippen LogP contribution in [0.4, 0.5) is 13.2 Å². The summed E-state index contributed by atoms with van der Waals surface area (Å²) in [7, 11) is 1.94. The van der Waals surface area contributed by atoms with Gasteiger partial charge in [0.2, 0.25) is 0 Å². The maximum Gasteiger partial charge on any atom is 0.416 e. The molecule has 0 amide bonds. The molecule has 1 unspecified atom stereocenters. The first kappa shape index (κ1) is 11.5. The fourth-order valence-corrected chi connectivity index (χ4v) is 2.30. The molecule has 0 bridgehead atoms. The Hall–Kier alpha value is -1.03. The molecule has 2 rings (SSSR count). The first-order chi connectivity index (χ1) is 7.48. The van der Waals surface area contributed by atoms with Crippen molar-refractivity contribution in [1.82, 2.24) is 4.90 Å². The third kappa shape index (κ3) is 2.21. The van der Waals surface area contributed by atoms with Gasteiger partial charge in [-0.15, -0.1) is 0 Å². The lowest BCUT2D eigenvalue weighted by Gasteiger charge is -2.17. The van der Waals surface area contributed by atoms with E-state index < -0.39 is 11.7 Å². The maximum absolute atomic E-state index is 12.8. The van der Waals surface area contributed by atoms with Crippen molar-refractivity contribution < 1.29 is 13.2 Å². The smallest absolute Gasteiger partial charge is 0.306 e. The van der Waals surface area contributed by atoms with Crippen LogP contribution < -0.4 is 0 Å². The second kappa shape index (κ2) is 4.09. The predicted octanol–water partition coefficient (Wildman–Crippen LogP) is 3.12. The molecule has 1 fully saturated rings. The van der Waals surface area contributed by atoms with Crippen molar-refractivity contribution in [3.8, 4) is 0 Å². The summed E-state index contributed by atoms with van der Waals surface area (Å²) in [5.74, 6) is 0.0165. The largest absolute Gasteiger partial charge is 0.416 e. The van der Waals surface area contributed by atoms with Crippen LogP contribution in [0.15, 0.2) is 24.3 Å². The van der Waals surface area contributed by atoms with Crippen molar-refractivity contribution in [2.45, 2.75) is 18.5 Å². The van der Waals surface area contributed by atoms with Crippen molar-refractivity contribution in [3.63, 3.8) is 0 Å². The van der Waals surface area contributed by atoms with Gasteiger partial charge in [-0.05, 0) is 37.6 Å². The molecule has 1 heterocycles. The summed E-state index contributed by atoms with van der Waals surface area (Å²) in [4.78, 5) is 2.07. The van der Waals surface area contributed by atoms with Crippen LogP contribution >= 0.6 is 0 Å². The molecule has 0 aromatic heterocycles. The van der Waals surface area contributed by atoms with Crippen molar-refractivity contribution in [2.24, 2.45) is 0 Å². The molecule has 0 radical (unpaired) electrons. The highest BCUT2D eigenvalue weighted by atomic mass is 19.4. The van der Waals surface area contributed by atoms with Crippen LogP contribution in [0, 0.1) is 0 Å². The molecule has 16 heavy (non-hydrogen) atoms. The van der Waals surface area contributed by atoms with Gasteiger partial charge in [-0.3, -0.25) is 0 Å². The van der Waals surface area contributed by atoms with Crippen LogP contribution in [0.5, 0.6) is 0 Å². The minimum Gasteiger partial charge on any atom is -0.306 e. The van der Waals surface area contributed by atoms with Crippen LogP contribution in [0.2, 0.25) is 0 Å². The molecule has 1 aromatic carbocycles. The van der Waals surface area contributed by atoms with E-state index in [1.54, 1.807) is 12.1 Å². The Morgan fingerprint density at radius 1 is 1.25 bits per heavy atom. The second-order valence-electron chi connectivity index (χ2n) is 4.33. The molecule has 1 nitrogen and oxygen atoms in total. The molecule has 0 spiro atoms. The van der Waals surface area contributed by atoms with Gasteiger partial charge in [-0.1, -0.05) is 18.2 Å². The highest BCUT2D eigenvalue weighted by Crippen LogP contribution is 2.37. The zero-order valence-electron chi connectivity index (χ0n) is 9.09. The Bertz CT molecular complexity index is 373. The van der Waals surface area contributed by atoms with Crippen molar-refractivity contribution >= 4 is 0 Å². The highest BCUT2D eigenvalue weighted by Gasteiger charge is 2.36. The first-order valence-corrected chi connectivity index (χ1v) is 5.33. The molecule has 0 saturated carbocycles. The molecular weight excluding hydrogens is 215 g/mol. The van der Waals surface area contributed by atoms with Gasteiger partial charge in [0.05, 0.1) is 5.56 Å². The highest BCUT2D eigenvalue weighted by molar-refractivity contribution is 5.33. The first-order valence-electron chi connectivity index (χ1n) is 5.33. The number of hydrogen-bond donors (Lipinski definition) is 0. The van der Waals surface area contributed by atoms with E-state index in [0.29, 0.717) is 12.1 Å². The third-order valence-corrected chi connectivity index (χ3v) is 3.10. The van der Waals surface area contributed by atoms with E-state index in [4.69, 9.17) is 0 Å². The second-order valence-corrected chi connectivity index (χ2v) is 4.33. The van der Waals surface area contributed by atoms with Crippen LogP contribution in [-0.4, -0.2) is 25.0 Å². The van der Waals surface area contributed by atoms with Gasteiger partial charge in [-0.25, -0.2) is 0 Å². The van der Waals surface area contributed by atoms with Crippen LogP contribution in [0.1, 0.15) is 23.5 Å². The molecule has 1 aliphatic rings. The Balaban J connectivity index is 2.34. The molecule has 1 aliphatic heterocycles. The molecule has 1 saturated heterocycles. The van der Waals surface area contributed by atoms with E-state index in [2.05, 4.69) is 4.90 Å². The van der Waals surface area contributed by atoms with Gasteiger partial charge in [0.15, 0.2) is 0 Å². The number of alkyl halides is 3. The van der Waals surface area contributed by atoms with Gasteiger partial charge in [0.1, 0.15) is 0 Å². The average molecular weight is 229 g/mol. The number of benzene rings is 1. The third-order valence-electron chi connectivity index (χ3n) is 3.10. The Morgan fingerprint density at radius 2 is 1.94 bits per heavy atom. The lowest BCUT2D eigenvalue weighted by atomic mass is 9.93. The van der Waals surface area contributed by atoms with Crippen molar-refractivity contribution in [2.75, 3.05) is 20.1 Å². The lowest BCUT2D eigenvalue weighted by molar-refractivity contribution is -0.138. The number of likely N-dealkylation sites (tertiary alicyclic amines) is 1. The lowest BCUT2D eigenvalue weighted by Crippen LogP contribution is -2.16. The van der Waals surface area contributed by atoms with E-state index in [1.165, 1.54) is 12.1 Å². The summed E-state index contributed by atoms with van der Waals surface area (Å²) in [5.41, 5.74) is -0.0327. The fraction of sp³-hybridized carbons (Fsp3) is 0.500. The molecular formula is C12H14F3N. The minimum atomic E-state index is -4.24. The van der Waals surface area contributed by atoms with Crippen molar-refractivity contribution in [3.05, 3.63) is 35.4 Å². The molecule has 4 heteroatoms. The normalized spacial score (nSPS) is 22.6. The SMILES string of the molecule is CN1CCC(c2ccccc2C(F)(F)F)C1. The predicted molar refractivity (Wildman–Crippen MR) is 56.3 cm³/mol. The Kier molecular flexibility index (Phi) is 2.93. The summed E-state index contributed by atoms with van der Waals surface area (Å²) in [5, 5.41) is 0. The van der Waals surface area contributed by atoms with Crippen LogP contribution in [0.3, 0.4) is 0 Å². The topological polar surface area (TPSA) is 3.24 Å². The van der Waals surface area contributed by atoms with Crippen LogP contribution in [0.25, 0.3) is 0 Å². The standard InChI is InChI=1S/C12H14F3N/c1-16-7-6-9(8-16)10-4-2-3-5-11(10)12(13,14)15/h2-5,9H,6-8H2,1H3. The summed E-state index contributed by atoms with van der Waals surface area (Å²) >= 11 is 0. The summed E-state index contributed by atoms with van der Waals surface area (Å²) in [6.45, 7) is 1.59. The number of halogens is 3. The Morgan fingerprint density at radius 3 is 2.50 bits per heavy atom. The molecule has 88 valence electrons. The van der Waals surface area contributed by atoms with E-state index in [1.807, 2.05) is 7.05 Å². The van der Waals surface area contributed by atoms with Gasteiger partial charge in [-0.2, -0.15) is 13.2 Å². The summed E-state index contributed by atoms with van der Waals surface area (Å²) < 4.78 is 38.4. The van der Waals surface area contributed by atoms with Gasteiger partial charge < -0.3 is 4.90 Å². The summed E-state index contributed by atoms with van der Waals surface area (Å²) in [6, 6.07) is 5.91. The fourth-order valence-electron chi connectivity index (χ4n) is 2.30. The van der Waals surface area contributed by atoms with Gasteiger partial charge >= 0.3 is 6.18 Å². The van der Waals surface area contributed by atoms with Crippen LogP contribution in [-0.2, 0) is 6.18 Å². The zero-order chi connectivity index (χ0) is 11.8. The molecule has 1 aromatic rings. The number of hydrogen-bond acceptors (Lipinski definition) is 1. The number of rotatable bonds is 1. The monoisotopic (exact) mass is 229 g/mol. The van der Waals surface area contributed by atoms with Gasteiger partial charge in [0, 0.05) is 6.54 Å². The van der Waals surface area contributed by atoms with E-state index in [-0.39, 0.29) is 5.92 Å². The molecule has 1 atom stereocenters. The molecule has 0 N–H and O–H groups in total. The van der Waals surface area contributed by atoms with E-state index >= 15 is 0 Å². The number of nitrogens with zero attached hydrogens (tertiary/aromatic N) is 1. The number of likely N-dealkylation sites (N-methyl/N-ethyl adjacent to an activating group) is 1. The quantitative estimate of drug-likeness (QED) is 0.715. The van der Waals surface area contributed by atoms with E-state index in [9.17, 15) is 13.2 Å². The zero-order valence-corrected chi connectivity index (χ0v) is 9.09. The maximum atomic E-state index is 12.8.